The normalized spacial score (nSPS) is 12.2. The molecule has 0 rings (SSSR count). The molecule has 0 bridgehead atoms. The summed E-state index contributed by atoms with van der Waals surface area (Å²) in [6, 6.07) is 0.473. The molecule has 0 aliphatic heterocycles. The van der Waals surface area contributed by atoms with Crippen molar-refractivity contribution in [1.82, 2.24) is 0 Å². The zero-order chi connectivity index (χ0) is 18.3. The van der Waals surface area contributed by atoms with Crippen molar-refractivity contribution < 1.29 is 19.2 Å². The Kier molecular flexibility index (Phi) is 15.2. The van der Waals surface area contributed by atoms with E-state index in [1.807, 2.05) is 14.1 Å². The van der Waals surface area contributed by atoms with Crippen molar-refractivity contribution in [2.24, 2.45) is 5.73 Å². The van der Waals surface area contributed by atoms with E-state index in [1.165, 1.54) is 19.3 Å². The van der Waals surface area contributed by atoms with Gasteiger partial charge >= 0.3 is 5.97 Å². The maximum atomic E-state index is 10.6. The molecule has 5 nitrogen and oxygen atoms in total. The topological polar surface area (TPSA) is 80.4 Å². The van der Waals surface area contributed by atoms with Crippen LogP contribution >= 0.6 is 0 Å². The van der Waals surface area contributed by atoms with Crippen molar-refractivity contribution in [2.75, 3.05) is 20.6 Å². The minimum Gasteiger partial charge on any atom is -0.477 e. The van der Waals surface area contributed by atoms with Crippen LogP contribution in [0, 0.1) is 0 Å². The standard InChI is InChI=1S/C10H21NO2.C8H17NO/c1-5-7-9(6-2)11(3,4)8-10(12)13;1-2-3-4-5-6-7-8(9)10/h9H,5-8H2,1-4H3;2-7H2,1H3,(H2,9,10)/p+1. The zero-order valence-corrected chi connectivity index (χ0v) is 15.9. The highest BCUT2D eigenvalue weighted by molar-refractivity contribution is 5.73. The lowest BCUT2D eigenvalue weighted by atomic mass is 10.1. The Hall–Kier alpha value is -1.10. The van der Waals surface area contributed by atoms with E-state index < -0.39 is 5.97 Å². The Balaban J connectivity index is 0. The van der Waals surface area contributed by atoms with Crippen LogP contribution in [0.2, 0.25) is 0 Å². The van der Waals surface area contributed by atoms with Gasteiger partial charge in [0.05, 0.1) is 20.1 Å². The van der Waals surface area contributed by atoms with Gasteiger partial charge < -0.3 is 15.3 Å². The lowest BCUT2D eigenvalue weighted by molar-refractivity contribution is -0.908. The molecule has 5 heteroatoms. The summed E-state index contributed by atoms with van der Waals surface area (Å²) in [7, 11) is 4.00. The number of carboxylic acid groups (broad SMARTS) is 1. The number of rotatable bonds is 12. The van der Waals surface area contributed by atoms with Crippen LogP contribution in [0.3, 0.4) is 0 Å². The van der Waals surface area contributed by atoms with Gasteiger partial charge in [0.15, 0.2) is 6.54 Å². The molecule has 138 valence electrons. The minimum absolute atomic E-state index is 0.170. The Labute approximate surface area is 142 Å². The lowest BCUT2D eigenvalue weighted by Crippen LogP contribution is -2.51. The van der Waals surface area contributed by atoms with Crippen LogP contribution in [0.5, 0.6) is 0 Å². The lowest BCUT2D eigenvalue weighted by Gasteiger charge is -2.36. The second-order valence-electron chi connectivity index (χ2n) is 6.81. The van der Waals surface area contributed by atoms with E-state index in [1.54, 1.807) is 0 Å². The first-order chi connectivity index (χ1) is 10.7. The monoisotopic (exact) mass is 331 g/mol. The molecule has 0 aromatic rings. The molecular weight excluding hydrogens is 292 g/mol. The highest BCUT2D eigenvalue weighted by atomic mass is 16.4. The molecule has 0 aliphatic carbocycles. The fourth-order valence-corrected chi connectivity index (χ4v) is 2.76. The molecule has 23 heavy (non-hydrogen) atoms. The minimum atomic E-state index is -0.709. The van der Waals surface area contributed by atoms with Crippen molar-refractivity contribution in [1.29, 1.82) is 0 Å². The van der Waals surface area contributed by atoms with Crippen molar-refractivity contribution >= 4 is 11.9 Å². The molecule has 0 fully saturated rings. The van der Waals surface area contributed by atoms with Gasteiger partial charge in [-0.2, -0.15) is 0 Å². The third kappa shape index (κ3) is 15.6. The third-order valence-corrected chi connectivity index (χ3v) is 4.15. The van der Waals surface area contributed by atoms with Crippen LogP contribution in [0.4, 0.5) is 0 Å². The summed E-state index contributed by atoms with van der Waals surface area (Å²) >= 11 is 0. The molecule has 0 spiro atoms. The molecule has 0 heterocycles. The summed E-state index contributed by atoms with van der Waals surface area (Å²) in [5.74, 6) is -0.879. The summed E-state index contributed by atoms with van der Waals surface area (Å²) in [5.41, 5.74) is 4.97. The van der Waals surface area contributed by atoms with Gasteiger partial charge in [-0.05, 0) is 19.3 Å². The number of nitrogens with zero attached hydrogens (tertiary/aromatic N) is 1. The number of unbranched alkanes of at least 4 members (excludes halogenated alkanes) is 4. The third-order valence-electron chi connectivity index (χ3n) is 4.15. The van der Waals surface area contributed by atoms with Crippen LogP contribution < -0.4 is 5.73 Å². The molecule has 0 saturated carbocycles. The van der Waals surface area contributed by atoms with Gasteiger partial charge in [-0.15, -0.1) is 0 Å². The molecule has 0 aromatic heterocycles. The van der Waals surface area contributed by atoms with Gasteiger partial charge in [-0.3, -0.25) is 4.79 Å². The Morgan fingerprint density at radius 3 is 1.96 bits per heavy atom. The summed E-state index contributed by atoms with van der Waals surface area (Å²) in [4.78, 5) is 20.9. The van der Waals surface area contributed by atoms with E-state index in [9.17, 15) is 9.59 Å². The molecular formula is C18H39N2O3+. The number of aliphatic carboxylic acids is 1. The number of amides is 1. The summed E-state index contributed by atoms with van der Waals surface area (Å²) < 4.78 is 0.597. The Morgan fingerprint density at radius 1 is 1.00 bits per heavy atom. The Bertz CT molecular complexity index is 317. The quantitative estimate of drug-likeness (QED) is 0.424. The van der Waals surface area contributed by atoms with Crippen LogP contribution in [0.25, 0.3) is 0 Å². The fraction of sp³-hybridized carbons (Fsp3) is 0.889. The van der Waals surface area contributed by atoms with Crippen LogP contribution in [0.1, 0.15) is 78.6 Å². The summed E-state index contributed by atoms with van der Waals surface area (Å²) in [6.07, 6.45) is 9.72. The number of hydrogen-bond acceptors (Lipinski definition) is 2. The van der Waals surface area contributed by atoms with Crippen molar-refractivity contribution in [3.63, 3.8) is 0 Å². The first-order valence-corrected chi connectivity index (χ1v) is 9.03. The fourth-order valence-electron chi connectivity index (χ4n) is 2.76. The SMILES string of the molecule is CCCC(CC)[N+](C)(C)CC(=O)O.CCCCCCCC(N)=O. The van der Waals surface area contributed by atoms with Gasteiger partial charge in [0.25, 0.3) is 0 Å². The first-order valence-electron chi connectivity index (χ1n) is 9.03. The number of quaternary nitrogens is 1. The number of carboxylic acids is 1. The van der Waals surface area contributed by atoms with Gasteiger partial charge in [0.2, 0.25) is 5.91 Å². The predicted molar refractivity (Wildman–Crippen MR) is 96.2 cm³/mol. The van der Waals surface area contributed by atoms with Gasteiger partial charge in [-0.25, -0.2) is 4.79 Å². The van der Waals surface area contributed by atoms with E-state index in [2.05, 4.69) is 20.8 Å². The van der Waals surface area contributed by atoms with E-state index >= 15 is 0 Å². The second-order valence-corrected chi connectivity index (χ2v) is 6.81. The average Bonchev–Trinajstić information content (AvgIpc) is 2.43. The smallest absolute Gasteiger partial charge is 0.359 e. The maximum absolute atomic E-state index is 10.6. The van der Waals surface area contributed by atoms with Crippen LogP contribution in [0.15, 0.2) is 0 Å². The van der Waals surface area contributed by atoms with E-state index in [-0.39, 0.29) is 12.5 Å². The second kappa shape index (κ2) is 14.5. The van der Waals surface area contributed by atoms with Crippen molar-refractivity contribution in [2.45, 2.75) is 84.6 Å². The Morgan fingerprint density at radius 2 is 1.57 bits per heavy atom. The maximum Gasteiger partial charge on any atom is 0.359 e. The molecule has 1 atom stereocenters. The van der Waals surface area contributed by atoms with Gasteiger partial charge in [-0.1, -0.05) is 52.9 Å². The van der Waals surface area contributed by atoms with E-state index in [0.717, 1.165) is 32.1 Å². The van der Waals surface area contributed by atoms with Crippen LogP contribution in [-0.4, -0.2) is 48.1 Å². The van der Waals surface area contributed by atoms with E-state index in [0.29, 0.717) is 16.9 Å². The largest absolute Gasteiger partial charge is 0.477 e. The number of primary amides is 1. The number of likely N-dealkylation sites (N-methyl/N-ethyl adjacent to an activating group) is 1. The van der Waals surface area contributed by atoms with Gasteiger partial charge in [0.1, 0.15) is 0 Å². The molecule has 0 aliphatic rings. The predicted octanol–water partition coefficient (Wildman–Crippen LogP) is 3.56. The molecule has 3 N–H and O–H groups in total. The molecule has 0 aromatic carbocycles. The molecule has 1 amide bonds. The highest BCUT2D eigenvalue weighted by Gasteiger charge is 2.28. The molecule has 0 radical (unpaired) electrons. The van der Waals surface area contributed by atoms with Crippen molar-refractivity contribution in [3.8, 4) is 0 Å². The number of hydrogen-bond donors (Lipinski definition) is 2. The average molecular weight is 332 g/mol. The number of carbonyl (C=O) groups excluding carboxylic acids is 1. The molecule has 0 saturated heterocycles. The van der Waals surface area contributed by atoms with Gasteiger partial charge in [0, 0.05) is 6.42 Å². The van der Waals surface area contributed by atoms with Crippen LogP contribution in [-0.2, 0) is 9.59 Å². The highest BCUT2D eigenvalue weighted by Crippen LogP contribution is 2.15. The molecule has 1 unspecified atom stereocenters. The first kappa shape index (κ1) is 24.2. The number of carbonyl (C=O) groups is 2. The summed E-state index contributed by atoms with van der Waals surface area (Å²) in [5, 5.41) is 8.75. The summed E-state index contributed by atoms with van der Waals surface area (Å²) in [6.45, 7) is 6.66. The van der Waals surface area contributed by atoms with E-state index in [4.69, 9.17) is 10.8 Å². The zero-order valence-electron chi connectivity index (χ0n) is 15.9. The number of nitrogens with two attached hydrogens (primary N) is 1. The van der Waals surface area contributed by atoms with Crippen molar-refractivity contribution in [3.05, 3.63) is 0 Å².